The van der Waals surface area contributed by atoms with Gasteiger partial charge in [-0.15, -0.1) is 0 Å². The maximum Gasteiger partial charge on any atom is 0.0518 e. The van der Waals surface area contributed by atoms with Crippen LogP contribution in [0.4, 0.5) is 0 Å². The summed E-state index contributed by atoms with van der Waals surface area (Å²) in [6.07, 6.45) is 7.08. The third-order valence-corrected chi connectivity index (χ3v) is 4.02. The maximum atomic E-state index is 5.59. The standard InChI is InChI=1S/C15H30N2O/c1-13(2)18-11-4-3-9-17-10-5-8-16-15(12-17)14-6-7-14/h13-16H,3-12H2,1-2H3. The molecule has 1 saturated heterocycles. The molecule has 18 heavy (non-hydrogen) atoms. The molecule has 1 atom stereocenters. The molecule has 1 unspecified atom stereocenters. The zero-order valence-corrected chi connectivity index (χ0v) is 12.2. The molecule has 2 rings (SSSR count). The lowest BCUT2D eigenvalue weighted by atomic mass is 10.1. The zero-order chi connectivity index (χ0) is 12.8. The van der Waals surface area contributed by atoms with E-state index < -0.39 is 0 Å². The molecule has 1 N–H and O–H groups in total. The first kappa shape index (κ1) is 14.3. The Labute approximate surface area is 112 Å². The number of unbranched alkanes of at least 4 members (excludes halogenated alkanes) is 1. The van der Waals surface area contributed by atoms with Crippen molar-refractivity contribution in [2.24, 2.45) is 5.92 Å². The van der Waals surface area contributed by atoms with Crippen molar-refractivity contribution < 1.29 is 4.74 Å². The Kier molecular flexibility index (Phi) is 5.93. The fourth-order valence-electron chi connectivity index (χ4n) is 2.80. The Hall–Kier alpha value is -0.120. The molecule has 1 heterocycles. The van der Waals surface area contributed by atoms with E-state index in [9.17, 15) is 0 Å². The Balaban J connectivity index is 1.58. The van der Waals surface area contributed by atoms with Crippen molar-refractivity contribution >= 4 is 0 Å². The quantitative estimate of drug-likeness (QED) is 0.705. The fraction of sp³-hybridized carbons (Fsp3) is 1.00. The summed E-state index contributed by atoms with van der Waals surface area (Å²) < 4.78 is 5.59. The van der Waals surface area contributed by atoms with Crippen molar-refractivity contribution in [1.82, 2.24) is 10.2 Å². The highest BCUT2D eigenvalue weighted by molar-refractivity contribution is 4.89. The molecule has 106 valence electrons. The topological polar surface area (TPSA) is 24.5 Å². The summed E-state index contributed by atoms with van der Waals surface area (Å²) >= 11 is 0. The van der Waals surface area contributed by atoms with E-state index >= 15 is 0 Å². The number of hydrogen-bond acceptors (Lipinski definition) is 3. The molecule has 2 fully saturated rings. The first-order valence-electron chi connectivity index (χ1n) is 7.83. The van der Waals surface area contributed by atoms with E-state index in [-0.39, 0.29) is 0 Å². The lowest BCUT2D eigenvalue weighted by molar-refractivity contribution is 0.0741. The van der Waals surface area contributed by atoms with Gasteiger partial charge in [0.15, 0.2) is 0 Å². The SMILES string of the molecule is CC(C)OCCCCN1CCCNC(C2CC2)C1. The second-order valence-electron chi connectivity index (χ2n) is 6.18. The molecule has 1 aliphatic heterocycles. The minimum absolute atomic E-state index is 0.381. The Morgan fingerprint density at radius 1 is 1.28 bits per heavy atom. The molecule has 2 aliphatic rings. The van der Waals surface area contributed by atoms with Crippen LogP contribution in [0.5, 0.6) is 0 Å². The van der Waals surface area contributed by atoms with Crippen LogP contribution in [0.1, 0.15) is 46.0 Å². The van der Waals surface area contributed by atoms with Crippen LogP contribution in [-0.4, -0.2) is 49.8 Å². The van der Waals surface area contributed by atoms with Crippen LogP contribution in [-0.2, 0) is 4.74 Å². The van der Waals surface area contributed by atoms with Gasteiger partial charge < -0.3 is 15.0 Å². The molecule has 0 bridgehead atoms. The van der Waals surface area contributed by atoms with Gasteiger partial charge >= 0.3 is 0 Å². The van der Waals surface area contributed by atoms with Crippen LogP contribution in [0, 0.1) is 5.92 Å². The largest absolute Gasteiger partial charge is 0.379 e. The van der Waals surface area contributed by atoms with E-state index in [0.717, 1.165) is 18.6 Å². The number of nitrogens with one attached hydrogen (secondary N) is 1. The summed E-state index contributed by atoms with van der Waals surface area (Å²) in [7, 11) is 0. The van der Waals surface area contributed by atoms with Crippen LogP contribution < -0.4 is 5.32 Å². The van der Waals surface area contributed by atoms with Crippen molar-refractivity contribution in [3.8, 4) is 0 Å². The first-order chi connectivity index (χ1) is 8.75. The maximum absolute atomic E-state index is 5.59. The highest BCUT2D eigenvalue weighted by Gasteiger charge is 2.32. The molecule has 0 aromatic carbocycles. The van der Waals surface area contributed by atoms with E-state index in [1.807, 2.05) is 0 Å². The van der Waals surface area contributed by atoms with Crippen LogP contribution in [0.25, 0.3) is 0 Å². The third-order valence-electron chi connectivity index (χ3n) is 4.02. The van der Waals surface area contributed by atoms with E-state index in [1.54, 1.807) is 0 Å². The van der Waals surface area contributed by atoms with E-state index in [2.05, 4.69) is 24.1 Å². The number of hydrogen-bond donors (Lipinski definition) is 1. The lowest BCUT2D eigenvalue weighted by Crippen LogP contribution is -2.39. The van der Waals surface area contributed by atoms with Gasteiger partial charge in [0.1, 0.15) is 0 Å². The predicted molar refractivity (Wildman–Crippen MR) is 75.9 cm³/mol. The molecular weight excluding hydrogens is 224 g/mol. The molecule has 1 saturated carbocycles. The average Bonchev–Trinajstić information content (AvgIpc) is 3.15. The van der Waals surface area contributed by atoms with Gasteiger partial charge in [-0.2, -0.15) is 0 Å². The highest BCUT2D eigenvalue weighted by atomic mass is 16.5. The zero-order valence-electron chi connectivity index (χ0n) is 12.2. The molecule has 0 amide bonds. The Morgan fingerprint density at radius 2 is 2.11 bits per heavy atom. The van der Waals surface area contributed by atoms with Crippen LogP contribution in [0.3, 0.4) is 0 Å². The second kappa shape index (κ2) is 7.46. The summed E-state index contributed by atoms with van der Waals surface area (Å²) in [5.74, 6) is 0.981. The van der Waals surface area contributed by atoms with E-state index in [0.29, 0.717) is 6.10 Å². The van der Waals surface area contributed by atoms with Gasteiger partial charge in [-0.1, -0.05) is 0 Å². The third kappa shape index (κ3) is 5.25. The highest BCUT2D eigenvalue weighted by Crippen LogP contribution is 2.33. The van der Waals surface area contributed by atoms with Crippen molar-refractivity contribution in [1.29, 1.82) is 0 Å². The van der Waals surface area contributed by atoms with Crippen LogP contribution in [0.2, 0.25) is 0 Å². The van der Waals surface area contributed by atoms with Gasteiger partial charge in [-0.05, 0) is 71.5 Å². The molecule has 1 aliphatic carbocycles. The molecule has 0 radical (unpaired) electrons. The van der Waals surface area contributed by atoms with Crippen molar-refractivity contribution in [2.45, 2.75) is 58.1 Å². The summed E-state index contributed by atoms with van der Waals surface area (Å²) in [6.45, 7) is 10.2. The normalized spacial score (nSPS) is 26.5. The van der Waals surface area contributed by atoms with Gasteiger partial charge in [-0.25, -0.2) is 0 Å². The van der Waals surface area contributed by atoms with Gasteiger partial charge in [0.25, 0.3) is 0 Å². The number of rotatable bonds is 7. The molecule has 0 spiro atoms. The Morgan fingerprint density at radius 3 is 2.83 bits per heavy atom. The van der Waals surface area contributed by atoms with Gasteiger partial charge in [-0.3, -0.25) is 0 Å². The van der Waals surface area contributed by atoms with Crippen LogP contribution in [0.15, 0.2) is 0 Å². The van der Waals surface area contributed by atoms with Crippen LogP contribution >= 0.6 is 0 Å². The molecule has 3 heteroatoms. The monoisotopic (exact) mass is 254 g/mol. The predicted octanol–water partition coefficient (Wildman–Crippen LogP) is 2.27. The summed E-state index contributed by atoms with van der Waals surface area (Å²) in [6, 6.07) is 0.777. The molecular formula is C15H30N2O. The summed E-state index contributed by atoms with van der Waals surface area (Å²) in [5, 5.41) is 3.72. The van der Waals surface area contributed by atoms with E-state index in [4.69, 9.17) is 4.74 Å². The van der Waals surface area contributed by atoms with Gasteiger partial charge in [0.05, 0.1) is 6.10 Å². The number of ether oxygens (including phenoxy) is 1. The lowest BCUT2D eigenvalue weighted by Gasteiger charge is -2.24. The minimum atomic E-state index is 0.381. The summed E-state index contributed by atoms with van der Waals surface area (Å²) in [4.78, 5) is 2.67. The Bertz CT molecular complexity index is 229. The molecule has 3 nitrogen and oxygen atoms in total. The first-order valence-corrected chi connectivity index (χ1v) is 7.83. The van der Waals surface area contributed by atoms with Gasteiger partial charge in [0, 0.05) is 19.2 Å². The minimum Gasteiger partial charge on any atom is -0.379 e. The van der Waals surface area contributed by atoms with Crippen molar-refractivity contribution in [3.05, 3.63) is 0 Å². The average molecular weight is 254 g/mol. The number of nitrogens with zero attached hydrogens (tertiary/aromatic N) is 1. The summed E-state index contributed by atoms with van der Waals surface area (Å²) in [5.41, 5.74) is 0. The van der Waals surface area contributed by atoms with E-state index in [1.165, 1.54) is 58.3 Å². The van der Waals surface area contributed by atoms with Gasteiger partial charge in [0.2, 0.25) is 0 Å². The van der Waals surface area contributed by atoms with Crippen molar-refractivity contribution in [2.75, 3.05) is 32.8 Å². The smallest absolute Gasteiger partial charge is 0.0518 e. The second-order valence-corrected chi connectivity index (χ2v) is 6.18. The molecule has 0 aromatic rings. The fourth-order valence-corrected chi connectivity index (χ4v) is 2.80. The van der Waals surface area contributed by atoms with Crippen molar-refractivity contribution in [3.63, 3.8) is 0 Å². The molecule has 0 aromatic heterocycles.